The number of para-hydroxylation sites is 1. The Morgan fingerprint density at radius 3 is 2.62 bits per heavy atom. The smallest absolute Gasteiger partial charge is 0.0643 e. The van der Waals surface area contributed by atoms with E-state index in [2.05, 4.69) is 57.0 Å². The van der Waals surface area contributed by atoms with Crippen molar-refractivity contribution in [3.63, 3.8) is 0 Å². The van der Waals surface area contributed by atoms with E-state index in [1.54, 1.807) is 0 Å². The van der Waals surface area contributed by atoms with Gasteiger partial charge in [0.25, 0.3) is 0 Å². The highest BCUT2D eigenvalue weighted by molar-refractivity contribution is 6.33. The third kappa shape index (κ3) is 4.37. The van der Waals surface area contributed by atoms with E-state index in [4.69, 9.17) is 11.6 Å². The first kappa shape index (κ1) is 16.6. The van der Waals surface area contributed by atoms with Crippen LogP contribution in [0.3, 0.4) is 0 Å². The summed E-state index contributed by atoms with van der Waals surface area (Å²) in [6.45, 7) is 13.2. The van der Waals surface area contributed by atoms with Crippen molar-refractivity contribution in [2.24, 2.45) is 5.92 Å². The molecule has 1 fully saturated rings. The minimum atomic E-state index is 0.113. The van der Waals surface area contributed by atoms with Crippen LogP contribution in [0.4, 0.5) is 5.69 Å². The molecule has 118 valence electrons. The minimum Gasteiger partial charge on any atom is -0.367 e. The van der Waals surface area contributed by atoms with Gasteiger partial charge in [-0.15, -0.1) is 0 Å². The van der Waals surface area contributed by atoms with Gasteiger partial charge in [-0.25, -0.2) is 0 Å². The van der Waals surface area contributed by atoms with Gasteiger partial charge in [0.05, 0.1) is 10.7 Å². The Morgan fingerprint density at radius 1 is 1.29 bits per heavy atom. The van der Waals surface area contributed by atoms with Crippen molar-refractivity contribution in [2.75, 3.05) is 11.4 Å². The highest BCUT2D eigenvalue weighted by atomic mass is 35.5. The van der Waals surface area contributed by atoms with E-state index in [9.17, 15) is 0 Å². The third-order valence-electron chi connectivity index (χ3n) is 4.31. The second-order valence-electron chi connectivity index (χ2n) is 7.52. The van der Waals surface area contributed by atoms with Crippen LogP contribution in [0.2, 0.25) is 5.02 Å². The van der Waals surface area contributed by atoms with Gasteiger partial charge in [-0.2, -0.15) is 0 Å². The Labute approximate surface area is 134 Å². The summed E-state index contributed by atoms with van der Waals surface area (Å²) in [4.78, 5) is 2.50. The average molecular weight is 309 g/mol. The van der Waals surface area contributed by atoms with Crippen LogP contribution in [-0.4, -0.2) is 18.1 Å². The summed E-state index contributed by atoms with van der Waals surface area (Å²) in [6, 6.07) is 6.83. The van der Waals surface area contributed by atoms with Crippen LogP contribution in [0.15, 0.2) is 18.2 Å². The lowest BCUT2D eigenvalue weighted by atomic mass is 9.92. The lowest BCUT2D eigenvalue weighted by Crippen LogP contribution is -2.41. The second kappa shape index (κ2) is 6.58. The molecule has 0 bridgehead atoms. The first-order valence-corrected chi connectivity index (χ1v) is 8.45. The van der Waals surface area contributed by atoms with Gasteiger partial charge in [-0.1, -0.05) is 30.7 Å². The first-order chi connectivity index (χ1) is 9.78. The van der Waals surface area contributed by atoms with Crippen molar-refractivity contribution in [3.05, 3.63) is 28.8 Å². The maximum absolute atomic E-state index is 6.54. The molecule has 2 unspecified atom stereocenters. The summed E-state index contributed by atoms with van der Waals surface area (Å²) >= 11 is 6.54. The van der Waals surface area contributed by atoms with Crippen LogP contribution in [0.5, 0.6) is 0 Å². The zero-order valence-corrected chi connectivity index (χ0v) is 14.8. The van der Waals surface area contributed by atoms with Crippen molar-refractivity contribution in [1.82, 2.24) is 5.32 Å². The van der Waals surface area contributed by atoms with E-state index in [-0.39, 0.29) is 5.54 Å². The Hall–Kier alpha value is -0.730. The highest BCUT2D eigenvalue weighted by Gasteiger charge is 2.26. The van der Waals surface area contributed by atoms with Gasteiger partial charge in [0.2, 0.25) is 0 Å². The molecule has 0 spiro atoms. The third-order valence-corrected chi connectivity index (χ3v) is 4.61. The van der Waals surface area contributed by atoms with E-state index in [1.807, 2.05) is 6.07 Å². The Morgan fingerprint density at radius 2 is 2.00 bits per heavy atom. The molecule has 1 saturated heterocycles. The largest absolute Gasteiger partial charge is 0.367 e. The van der Waals surface area contributed by atoms with Crippen LogP contribution in [-0.2, 0) is 6.54 Å². The average Bonchev–Trinajstić information content (AvgIpc) is 2.37. The van der Waals surface area contributed by atoms with Gasteiger partial charge in [-0.3, -0.25) is 0 Å². The number of nitrogens with zero attached hydrogens (tertiary/aromatic N) is 1. The second-order valence-corrected chi connectivity index (χ2v) is 7.93. The summed E-state index contributed by atoms with van der Waals surface area (Å²) in [5.74, 6) is 0.815. The van der Waals surface area contributed by atoms with Gasteiger partial charge < -0.3 is 10.2 Å². The molecule has 2 nitrogen and oxygen atoms in total. The zero-order chi connectivity index (χ0) is 15.6. The number of nitrogens with one attached hydrogen (secondary N) is 1. The molecule has 21 heavy (non-hydrogen) atoms. The Kier molecular flexibility index (Phi) is 5.21. The fourth-order valence-corrected chi connectivity index (χ4v) is 3.43. The van der Waals surface area contributed by atoms with Gasteiger partial charge in [0.15, 0.2) is 0 Å². The molecule has 1 heterocycles. The van der Waals surface area contributed by atoms with Crippen LogP contribution in [0.1, 0.15) is 53.0 Å². The SMILES string of the molecule is CC1CCN(c2c(Cl)cccc2CNC(C)(C)C)C(C)C1. The van der Waals surface area contributed by atoms with Crippen LogP contribution >= 0.6 is 11.6 Å². The van der Waals surface area contributed by atoms with Gasteiger partial charge >= 0.3 is 0 Å². The summed E-state index contributed by atoms with van der Waals surface area (Å²) < 4.78 is 0. The van der Waals surface area contributed by atoms with E-state index in [1.165, 1.54) is 24.1 Å². The molecular formula is C18H29ClN2. The number of anilines is 1. The number of halogens is 1. The highest BCUT2D eigenvalue weighted by Crippen LogP contribution is 2.35. The number of benzene rings is 1. The van der Waals surface area contributed by atoms with Crippen LogP contribution in [0.25, 0.3) is 0 Å². The molecule has 1 aromatic rings. The molecule has 1 aromatic carbocycles. The first-order valence-electron chi connectivity index (χ1n) is 8.07. The molecule has 1 aliphatic rings. The van der Waals surface area contributed by atoms with Crippen molar-refractivity contribution in [1.29, 1.82) is 0 Å². The monoisotopic (exact) mass is 308 g/mol. The van der Waals surface area contributed by atoms with E-state index < -0.39 is 0 Å². The molecule has 0 aliphatic carbocycles. The van der Waals surface area contributed by atoms with E-state index in [0.29, 0.717) is 6.04 Å². The number of rotatable bonds is 3. The quantitative estimate of drug-likeness (QED) is 0.858. The lowest BCUT2D eigenvalue weighted by molar-refractivity contribution is 0.376. The standard InChI is InChI=1S/C18H29ClN2/c1-13-9-10-21(14(2)11-13)17-15(7-6-8-16(17)19)12-20-18(3,4)5/h6-8,13-14,20H,9-12H2,1-5H3. The molecule has 3 heteroatoms. The molecule has 0 saturated carbocycles. The summed E-state index contributed by atoms with van der Waals surface area (Å²) in [6.07, 6.45) is 2.50. The molecule has 2 atom stereocenters. The topological polar surface area (TPSA) is 15.3 Å². The minimum absolute atomic E-state index is 0.113. The molecule has 0 amide bonds. The zero-order valence-electron chi connectivity index (χ0n) is 14.0. The fraction of sp³-hybridized carbons (Fsp3) is 0.667. The summed E-state index contributed by atoms with van der Waals surface area (Å²) in [7, 11) is 0. The van der Waals surface area contributed by atoms with Crippen molar-refractivity contribution in [3.8, 4) is 0 Å². The molecule has 1 N–H and O–H groups in total. The number of hydrogen-bond donors (Lipinski definition) is 1. The summed E-state index contributed by atoms with van der Waals surface area (Å²) in [5.41, 5.74) is 2.65. The van der Waals surface area contributed by atoms with E-state index in [0.717, 1.165) is 24.0 Å². The molecule has 0 radical (unpaired) electrons. The van der Waals surface area contributed by atoms with Crippen molar-refractivity contribution in [2.45, 2.75) is 65.6 Å². The van der Waals surface area contributed by atoms with Crippen molar-refractivity contribution >= 4 is 17.3 Å². The maximum atomic E-state index is 6.54. The molecular weight excluding hydrogens is 280 g/mol. The van der Waals surface area contributed by atoms with E-state index >= 15 is 0 Å². The van der Waals surface area contributed by atoms with Gasteiger partial charge in [0, 0.05) is 24.7 Å². The molecule has 1 aliphatic heterocycles. The van der Waals surface area contributed by atoms with Gasteiger partial charge in [-0.05, 0) is 58.1 Å². The molecule has 0 aromatic heterocycles. The van der Waals surface area contributed by atoms with Gasteiger partial charge in [0.1, 0.15) is 0 Å². The normalized spacial score (nSPS) is 23.4. The van der Waals surface area contributed by atoms with Crippen molar-refractivity contribution < 1.29 is 0 Å². The predicted octanol–water partition coefficient (Wildman–Crippen LogP) is 4.85. The van der Waals surface area contributed by atoms with Crippen LogP contribution in [0, 0.1) is 5.92 Å². The Bertz CT molecular complexity index is 479. The fourth-order valence-electron chi connectivity index (χ4n) is 3.12. The number of hydrogen-bond acceptors (Lipinski definition) is 2. The molecule has 2 rings (SSSR count). The maximum Gasteiger partial charge on any atom is 0.0643 e. The summed E-state index contributed by atoms with van der Waals surface area (Å²) in [5, 5.41) is 4.46. The Balaban J connectivity index is 2.25. The lowest BCUT2D eigenvalue weighted by Gasteiger charge is -2.40. The predicted molar refractivity (Wildman–Crippen MR) is 93.3 cm³/mol. The van der Waals surface area contributed by atoms with Crippen LogP contribution < -0.4 is 10.2 Å². The number of piperidine rings is 1.